The number of pyridine rings is 1. The maximum absolute atomic E-state index is 6.61. The van der Waals surface area contributed by atoms with Crippen LogP contribution in [0.5, 0.6) is 5.88 Å². The number of fused-ring (bicyclic) bond motifs is 1. The van der Waals surface area contributed by atoms with Gasteiger partial charge >= 0.3 is 0 Å². The summed E-state index contributed by atoms with van der Waals surface area (Å²) in [6.07, 6.45) is 5.59. The van der Waals surface area contributed by atoms with Crippen molar-refractivity contribution in [3.63, 3.8) is 0 Å². The van der Waals surface area contributed by atoms with Crippen LogP contribution in [0.3, 0.4) is 0 Å². The number of ether oxygens (including phenoxy) is 1. The number of rotatable bonds is 4. The molecule has 0 aromatic carbocycles. The zero-order valence-electron chi connectivity index (χ0n) is 12.9. The van der Waals surface area contributed by atoms with Crippen LogP contribution < -0.4 is 10.5 Å². The highest BCUT2D eigenvalue weighted by Gasteiger charge is 2.35. The Morgan fingerprint density at radius 3 is 2.71 bits per heavy atom. The van der Waals surface area contributed by atoms with Crippen molar-refractivity contribution in [3.8, 4) is 5.88 Å². The second-order valence-electron chi connectivity index (χ2n) is 6.05. The second kappa shape index (κ2) is 5.64. The molecule has 2 aromatic heterocycles. The fourth-order valence-corrected chi connectivity index (χ4v) is 3.18. The van der Waals surface area contributed by atoms with Gasteiger partial charge in [0.25, 0.3) is 0 Å². The topological polar surface area (TPSA) is 76.8 Å². The molecule has 0 spiro atoms. The van der Waals surface area contributed by atoms with Crippen molar-refractivity contribution in [3.05, 3.63) is 18.0 Å². The predicted molar refractivity (Wildman–Crippen MR) is 83.2 cm³/mol. The van der Waals surface area contributed by atoms with Gasteiger partial charge in [0, 0.05) is 6.07 Å². The van der Waals surface area contributed by atoms with Crippen molar-refractivity contribution in [2.45, 2.75) is 51.5 Å². The summed E-state index contributed by atoms with van der Waals surface area (Å²) >= 11 is 0. The van der Waals surface area contributed by atoms with E-state index in [1.165, 1.54) is 19.3 Å². The van der Waals surface area contributed by atoms with Gasteiger partial charge in [-0.2, -0.15) is 4.98 Å². The lowest BCUT2D eigenvalue weighted by molar-refractivity contribution is 0.223. The summed E-state index contributed by atoms with van der Waals surface area (Å²) in [7, 11) is 0. The average molecular weight is 288 g/mol. The molecule has 0 unspecified atom stereocenters. The Morgan fingerprint density at radius 2 is 2.05 bits per heavy atom. The van der Waals surface area contributed by atoms with Gasteiger partial charge in [-0.25, -0.2) is 4.98 Å². The van der Waals surface area contributed by atoms with E-state index in [-0.39, 0.29) is 5.54 Å². The van der Waals surface area contributed by atoms with Crippen LogP contribution in [0, 0.1) is 5.92 Å². The lowest BCUT2D eigenvalue weighted by Gasteiger charge is -2.35. The molecule has 0 saturated heterocycles. The molecule has 5 nitrogen and oxygen atoms in total. The van der Waals surface area contributed by atoms with E-state index in [9.17, 15) is 0 Å². The van der Waals surface area contributed by atoms with E-state index in [1.54, 1.807) is 0 Å². The highest BCUT2D eigenvalue weighted by atomic mass is 16.5. The van der Waals surface area contributed by atoms with Gasteiger partial charge in [-0.1, -0.05) is 13.3 Å². The summed E-state index contributed by atoms with van der Waals surface area (Å²) in [5, 5.41) is 0. The molecule has 1 saturated carbocycles. The van der Waals surface area contributed by atoms with E-state index < -0.39 is 0 Å². The summed E-state index contributed by atoms with van der Waals surface area (Å²) in [4.78, 5) is 12.4. The summed E-state index contributed by atoms with van der Waals surface area (Å²) in [5.41, 5.74) is 7.89. The van der Waals surface area contributed by atoms with Crippen molar-refractivity contribution < 1.29 is 4.74 Å². The molecule has 0 aliphatic heterocycles. The molecule has 3 N–H and O–H groups in total. The van der Waals surface area contributed by atoms with E-state index >= 15 is 0 Å². The molecule has 114 valence electrons. The second-order valence-corrected chi connectivity index (χ2v) is 6.05. The van der Waals surface area contributed by atoms with E-state index in [2.05, 4.69) is 21.9 Å². The number of aromatic nitrogens is 3. The van der Waals surface area contributed by atoms with Crippen molar-refractivity contribution in [1.29, 1.82) is 0 Å². The smallest absolute Gasteiger partial charge is 0.215 e. The first-order valence-electron chi connectivity index (χ1n) is 7.93. The lowest BCUT2D eigenvalue weighted by atomic mass is 9.76. The first kappa shape index (κ1) is 14.3. The van der Waals surface area contributed by atoms with Crippen molar-refractivity contribution in [1.82, 2.24) is 15.0 Å². The molecule has 3 rings (SSSR count). The van der Waals surface area contributed by atoms with Gasteiger partial charge in [-0.15, -0.1) is 0 Å². The van der Waals surface area contributed by atoms with Crippen LogP contribution in [0.15, 0.2) is 12.1 Å². The molecular weight excluding hydrogens is 264 g/mol. The van der Waals surface area contributed by atoms with Gasteiger partial charge in [-0.05, 0) is 44.6 Å². The monoisotopic (exact) mass is 288 g/mol. The fraction of sp³-hybridized carbons (Fsp3) is 0.625. The van der Waals surface area contributed by atoms with Gasteiger partial charge in [-0.3, -0.25) is 0 Å². The minimum atomic E-state index is -0.335. The van der Waals surface area contributed by atoms with Gasteiger partial charge in [0.2, 0.25) is 5.88 Å². The standard InChI is InChI=1S/C16H24N4O/c1-3-11-7-9-16(17,10-8-11)15-18-12-5-6-13(21-4-2)19-14(12)20-15/h5-6,11H,3-4,7-10,17H2,1-2H3,(H,18,19,20). The Hall–Kier alpha value is -1.62. The molecule has 1 aliphatic rings. The molecule has 1 fully saturated rings. The first-order valence-corrected chi connectivity index (χ1v) is 7.93. The molecule has 0 radical (unpaired) electrons. The molecule has 2 aromatic rings. The number of aromatic amines is 1. The van der Waals surface area contributed by atoms with E-state index in [0.717, 1.165) is 30.1 Å². The first-order chi connectivity index (χ1) is 10.1. The number of H-pyrrole nitrogens is 1. The van der Waals surface area contributed by atoms with Gasteiger partial charge in [0.05, 0.1) is 17.7 Å². The predicted octanol–water partition coefficient (Wildman–Crippen LogP) is 3.11. The molecule has 21 heavy (non-hydrogen) atoms. The van der Waals surface area contributed by atoms with Crippen molar-refractivity contribution >= 4 is 11.2 Å². The zero-order valence-corrected chi connectivity index (χ0v) is 12.9. The van der Waals surface area contributed by atoms with Crippen LogP contribution in [0.4, 0.5) is 0 Å². The van der Waals surface area contributed by atoms with Crippen LogP contribution >= 0.6 is 0 Å². The number of nitrogens with two attached hydrogens (primary N) is 1. The van der Waals surface area contributed by atoms with Crippen LogP contribution in [0.1, 0.15) is 51.8 Å². The summed E-state index contributed by atoms with van der Waals surface area (Å²) in [6.45, 7) is 4.81. The minimum Gasteiger partial charge on any atom is -0.478 e. The number of nitrogens with one attached hydrogen (secondary N) is 1. The Kier molecular flexibility index (Phi) is 3.85. The Bertz CT molecular complexity index is 614. The number of hydrogen-bond donors (Lipinski definition) is 2. The normalized spacial score (nSPS) is 26.1. The maximum atomic E-state index is 6.61. The SMILES string of the molecule is CCOc1ccc2[nH]c(C3(N)CCC(CC)CC3)nc2n1. The van der Waals surface area contributed by atoms with Crippen molar-refractivity contribution in [2.24, 2.45) is 11.7 Å². The summed E-state index contributed by atoms with van der Waals surface area (Å²) in [5.74, 6) is 2.30. The molecule has 5 heteroatoms. The Labute approximate surface area is 125 Å². The Morgan fingerprint density at radius 1 is 1.29 bits per heavy atom. The summed E-state index contributed by atoms with van der Waals surface area (Å²) < 4.78 is 5.43. The molecule has 1 aliphatic carbocycles. The molecule has 0 atom stereocenters. The number of hydrogen-bond acceptors (Lipinski definition) is 4. The average Bonchev–Trinajstić information content (AvgIpc) is 2.92. The van der Waals surface area contributed by atoms with Gasteiger partial charge < -0.3 is 15.5 Å². The van der Waals surface area contributed by atoms with Crippen LogP contribution in [-0.2, 0) is 5.54 Å². The molecular formula is C16H24N4O. The van der Waals surface area contributed by atoms with E-state index in [4.69, 9.17) is 10.5 Å². The van der Waals surface area contributed by atoms with Gasteiger partial charge in [0.1, 0.15) is 5.82 Å². The van der Waals surface area contributed by atoms with E-state index in [0.29, 0.717) is 18.1 Å². The Balaban J connectivity index is 1.86. The molecule has 0 amide bonds. The van der Waals surface area contributed by atoms with Crippen LogP contribution in [0.2, 0.25) is 0 Å². The fourth-order valence-electron chi connectivity index (χ4n) is 3.18. The summed E-state index contributed by atoms with van der Waals surface area (Å²) in [6, 6.07) is 3.83. The molecule has 2 heterocycles. The third-order valence-electron chi connectivity index (χ3n) is 4.66. The molecule has 0 bridgehead atoms. The van der Waals surface area contributed by atoms with Crippen LogP contribution in [0.25, 0.3) is 11.2 Å². The van der Waals surface area contributed by atoms with Crippen LogP contribution in [-0.4, -0.2) is 21.6 Å². The lowest BCUT2D eigenvalue weighted by Crippen LogP contribution is -2.41. The third kappa shape index (κ3) is 2.75. The quantitative estimate of drug-likeness (QED) is 0.906. The highest BCUT2D eigenvalue weighted by molar-refractivity contribution is 5.71. The minimum absolute atomic E-state index is 0.335. The number of nitrogens with zero attached hydrogens (tertiary/aromatic N) is 2. The van der Waals surface area contributed by atoms with Gasteiger partial charge in [0.15, 0.2) is 5.65 Å². The third-order valence-corrected chi connectivity index (χ3v) is 4.66. The highest BCUT2D eigenvalue weighted by Crippen LogP contribution is 2.38. The maximum Gasteiger partial charge on any atom is 0.215 e. The largest absolute Gasteiger partial charge is 0.478 e. The van der Waals surface area contributed by atoms with Crippen molar-refractivity contribution in [2.75, 3.05) is 6.61 Å². The van der Waals surface area contributed by atoms with E-state index in [1.807, 2.05) is 19.1 Å². The number of imidazole rings is 1. The zero-order chi connectivity index (χ0) is 14.9.